The normalized spacial score (nSPS) is 26.8. The predicted octanol–water partition coefficient (Wildman–Crippen LogP) is 0.657. The molecule has 7 nitrogen and oxygen atoms in total. The summed E-state index contributed by atoms with van der Waals surface area (Å²) in [6.45, 7) is 1.05. The second kappa shape index (κ2) is 6.12. The van der Waals surface area contributed by atoms with Crippen molar-refractivity contribution in [3.05, 3.63) is 28.7 Å². The Kier molecular flexibility index (Phi) is 4.51. The molecular formula is C16H23ClN4O3S. The lowest BCUT2D eigenvalue weighted by Crippen LogP contribution is -2.33. The number of benzene rings is 1. The number of nitrogens with two attached hydrogens (primary N) is 1. The zero-order valence-corrected chi connectivity index (χ0v) is 15.9. The summed E-state index contributed by atoms with van der Waals surface area (Å²) in [5.74, 6) is 0.643. The van der Waals surface area contributed by atoms with Crippen LogP contribution in [0.1, 0.15) is 12.8 Å². The minimum absolute atomic E-state index is 0. The Morgan fingerprint density at radius 3 is 2.44 bits per heavy atom. The van der Waals surface area contributed by atoms with Gasteiger partial charge in [-0.25, -0.2) is 13.2 Å². The first kappa shape index (κ1) is 18.4. The summed E-state index contributed by atoms with van der Waals surface area (Å²) < 4.78 is 30.6. The average Bonchev–Trinajstić information content (AvgIpc) is 3.20. The van der Waals surface area contributed by atoms with E-state index in [1.807, 2.05) is 0 Å². The van der Waals surface area contributed by atoms with E-state index < -0.39 is 10.0 Å². The third-order valence-corrected chi connectivity index (χ3v) is 7.59. The topological polar surface area (TPSA) is 90.3 Å². The summed E-state index contributed by atoms with van der Waals surface area (Å²) in [4.78, 5) is 12.3. The van der Waals surface area contributed by atoms with Crippen molar-refractivity contribution in [3.63, 3.8) is 0 Å². The molecule has 2 aromatic rings. The van der Waals surface area contributed by atoms with Gasteiger partial charge in [0.2, 0.25) is 10.0 Å². The van der Waals surface area contributed by atoms with E-state index in [4.69, 9.17) is 5.73 Å². The van der Waals surface area contributed by atoms with Crippen molar-refractivity contribution in [1.82, 2.24) is 13.4 Å². The van der Waals surface area contributed by atoms with E-state index in [9.17, 15) is 13.2 Å². The summed E-state index contributed by atoms with van der Waals surface area (Å²) in [5, 5.41) is 0. The molecule has 138 valence electrons. The van der Waals surface area contributed by atoms with E-state index in [1.54, 1.807) is 36.6 Å². The largest absolute Gasteiger partial charge is 0.328 e. The number of aryl methyl sites for hydroxylation is 2. The van der Waals surface area contributed by atoms with Gasteiger partial charge in [0.15, 0.2) is 0 Å². The lowest BCUT2D eigenvalue weighted by atomic mass is 9.98. The third kappa shape index (κ3) is 2.63. The molecule has 0 bridgehead atoms. The number of hydrogen-bond acceptors (Lipinski definition) is 4. The molecule has 9 heteroatoms. The molecular weight excluding hydrogens is 364 g/mol. The fourth-order valence-electron chi connectivity index (χ4n) is 4.26. The smallest absolute Gasteiger partial charge is 0.327 e. The van der Waals surface area contributed by atoms with Gasteiger partial charge in [-0.05, 0) is 42.9 Å². The van der Waals surface area contributed by atoms with Gasteiger partial charge in [0.05, 0.1) is 15.9 Å². The van der Waals surface area contributed by atoms with E-state index in [2.05, 4.69) is 0 Å². The predicted molar refractivity (Wildman–Crippen MR) is 98.4 cm³/mol. The zero-order chi connectivity index (χ0) is 17.2. The molecule has 4 rings (SSSR count). The maximum Gasteiger partial charge on any atom is 0.328 e. The molecule has 2 N–H and O–H groups in total. The first-order valence-electron chi connectivity index (χ1n) is 8.22. The highest BCUT2D eigenvalue weighted by atomic mass is 35.5. The fraction of sp³-hybridized carbons (Fsp3) is 0.562. The molecule has 1 aliphatic carbocycles. The number of rotatable bonds is 2. The number of nitrogens with zero attached hydrogens (tertiary/aromatic N) is 3. The van der Waals surface area contributed by atoms with Crippen LogP contribution in [0.5, 0.6) is 0 Å². The summed E-state index contributed by atoms with van der Waals surface area (Å²) in [6.07, 6.45) is 1.99. The van der Waals surface area contributed by atoms with Crippen LogP contribution < -0.4 is 11.4 Å². The van der Waals surface area contributed by atoms with Crippen LogP contribution in [0.25, 0.3) is 11.0 Å². The zero-order valence-electron chi connectivity index (χ0n) is 14.3. The second-order valence-electron chi connectivity index (χ2n) is 7.04. The lowest BCUT2D eigenvalue weighted by Gasteiger charge is -2.18. The number of imidazole rings is 1. The van der Waals surface area contributed by atoms with Crippen molar-refractivity contribution in [3.8, 4) is 0 Å². The molecule has 3 unspecified atom stereocenters. The van der Waals surface area contributed by atoms with Crippen molar-refractivity contribution in [2.45, 2.75) is 23.8 Å². The SMILES string of the molecule is Cl.Cn1c(=O)n(C)c2cc(S(=O)(=O)N3CC4CCC(N)C4C3)ccc21. The molecule has 0 radical (unpaired) electrons. The Hall–Kier alpha value is -1.35. The maximum atomic E-state index is 13.0. The monoisotopic (exact) mass is 386 g/mol. The van der Waals surface area contributed by atoms with Crippen LogP contribution in [0.2, 0.25) is 0 Å². The molecule has 2 fully saturated rings. The lowest BCUT2D eigenvalue weighted by molar-refractivity contribution is 0.427. The highest BCUT2D eigenvalue weighted by Gasteiger charge is 2.45. The van der Waals surface area contributed by atoms with Gasteiger partial charge in [-0.15, -0.1) is 12.4 Å². The Morgan fingerprint density at radius 1 is 1.08 bits per heavy atom. The summed E-state index contributed by atoms with van der Waals surface area (Å²) in [6, 6.07) is 4.99. The molecule has 0 spiro atoms. The molecule has 1 saturated carbocycles. The number of aromatic nitrogens is 2. The molecule has 0 amide bonds. The van der Waals surface area contributed by atoms with Gasteiger partial charge in [-0.1, -0.05) is 0 Å². The van der Waals surface area contributed by atoms with Gasteiger partial charge in [-0.2, -0.15) is 4.31 Å². The third-order valence-electron chi connectivity index (χ3n) is 5.76. The highest BCUT2D eigenvalue weighted by Crippen LogP contribution is 2.39. The van der Waals surface area contributed by atoms with E-state index >= 15 is 0 Å². The van der Waals surface area contributed by atoms with Crippen molar-refractivity contribution in [1.29, 1.82) is 0 Å². The van der Waals surface area contributed by atoms with Crippen LogP contribution in [-0.2, 0) is 24.1 Å². The van der Waals surface area contributed by atoms with Crippen LogP contribution in [-0.4, -0.2) is 41.0 Å². The molecule has 2 heterocycles. The number of sulfonamides is 1. The first-order valence-corrected chi connectivity index (χ1v) is 9.66. The van der Waals surface area contributed by atoms with Crippen LogP contribution in [0.3, 0.4) is 0 Å². The standard InChI is InChI=1S/C16H22N4O3S.ClH/c1-18-14-6-4-11(7-15(14)19(2)16(18)21)24(22,23)20-8-10-3-5-13(17)12(10)9-20;/h4,6-7,10,12-13H,3,5,8-9,17H2,1-2H3;1H. The number of halogens is 1. The van der Waals surface area contributed by atoms with Gasteiger partial charge < -0.3 is 5.73 Å². The van der Waals surface area contributed by atoms with Gasteiger partial charge in [0.1, 0.15) is 0 Å². The van der Waals surface area contributed by atoms with Crippen molar-refractivity contribution in [2.24, 2.45) is 31.7 Å². The van der Waals surface area contributed by atoms with Crippen molar-refractivity contribution >= 4 is 33.5 Å². The summed E-state index contributed by atoms with van der Waals surface area (Å²) in [5.41, 5.74) is 7.30. The molecule has 1 aliphatic heterocycles. The van der Waals surface area contributed by atoms with Crippen molar-refractivity contribution < 1.29 is 8.42 Å². The van der Waals surface area contributed by atoms with Gasteiger partial charge in [0, 0.05) is 33.2 Å². The Morgan fingerprint density at radius 2 is 1.76 bits per heavy atom. The van der Waals surface area contributed by atoms with E-state index in [-0.39, 0.29) is 35.0 Å². The Balaban J connectivity index is 0.00000182. The number of hydrogen-bond donors (Lipinski definition) is 1. The quantitative estimate of drug-likeness (QED) is 0.820. The van der Waals surface area contributed by atoms with Crippen LogP contribution in [0.4, 0.5) is 0 Å². The van der Waals surface area contributed by atoms with Crippen LogP contribution in [0.15, 0.2) is 27.9 Å². The van der Waals surface area contributed by atoms with Gasteiger partial charge in [0.25, 0.3) is 0 Å². The van der Waals surface area contributed by atoms with E-state index in [0.717, 1.165) is 18.4 Å². The van der Waals surface area contributed by atoms with Crippen LogP contribution >= 0.6 is 12.4 Å². The highest BCUT2D eigenvalue weighted by molar-refractivity contribution is 7.89. The Bertz CT molecular complexity index is 981. The maximum absolute atomic E-state index is 13.0. The minimum Gasteiger partial charge on any atom is -0.327 e. The van der Waals surface area contributed by atoms with Crippen molar-refractivity contribution in [2.75, 3.05) is 13.1 Å². The summed E-state index contributed by atoms with van der Waals surface area (Å²) in [7, 11) is -0.227. The molecule has 2 aliphatic rings. The van der Waals surface area contributed by atoms with E-state index in [1.165, 1.54) is 9.13 Å². The Labute approximate surface area is 152 Å². The van der Waals surface area contributed by atoms with Gasteiger partial charge >= 0.3 is 5.69 Å². The molecule has 25 heavy (non-hydrogen) atoms. The number of fused-ring (bicyclic) bond motifs is 2. The first-order chi connectivity index (χ1) is 11.3. The minimum atomic E-state index is -3.56. The van der Waals surface area contributed by atoms with E-state index in [0.29, 0.717) is 24.5 Å². The van der Waals surface area contributed by atoms with Crippen LogP contribution in [0, 0.1) is 11.8 Å². The summed E-state index contributed by atoms with van der Waals surface area (Å²) >= 11 is 0. The molecule has 1 aromatic carbocycles. The second-order valence-corrected chi connectivity index (χ2v) is 8.98. The average molecular weight is 387 g/mol. The van der Waals surface area contributed by atoms with Gasteiger partial charge in [-0.3, -0.25) is 9.13 Å². The molecule has 1 saturated heterocycles. The molecule has 1 aromatic heterocycles. The molecule has 3 atom stereocenters. The fourth-order valence-corrected chi connectivity index (χ4v) is 5.81.